The summed E-state index contributed by atoms with van der Waals surface area (Å²) < 4.78 is 42.9. The molecule has 0 saturated carbocycles. The average Bonchev–Trinajstić information content (AvgIpc) is 3.94. The maximum Gasteiger partial charge on any atom is 0.414 e. The van der Waals surface area contributed by atoms with Gasteiger partial charge in [-0.3, -0.25) is 59.0 Å². The lowest BCUT2D eigenvalue weighted by Gasteiger charge is -2.34. The van der Waals surface area contributed by atoms with Gasteiger partial charge in [0, 0.05) is 80.0 Å². The zero-order chi connectivity index (χ0) is 49.6. The van der Waals surface area contributed by atoms with Crippen LogP contribution in [0.1, 0.15) is 37.4 Å². The molecule has 3 aliphatic rings. The van der Waals surface area contributed by atoms with Crippen LogP contribution in [0.3, 0.4) is 0 Å². The predicted octanol–water partition coefficient (Wildman–Crippen LogP) is 3.66. The Balaban J connectivity index is 0.000000219. The summed E-state index contributed by atoms with van der Waals surface area (Å²) in [4.78, 5) is 76.3. The van der Waals surface area contributed by atoms with Crippen molar-refractivity contribution in [3.63, 3.8) is 0 Å². The lowest BCUT2D eigenvalue weighted by molar-refractivity contribution is -0.146. The van der Waals surface area contributed by atoms with Crippen LogP contribution in [0.5, 0.6) is 0 Å². The number of benzene rings is 3. The van der Waals surface area contributed by atoms with E-state index in [2.05, 4.69) is 34.6 Å². The molecule has 22 heteroatoms. The number of amides is 4. The molecule has 0 spiro atoms. The van der Waals surface area contributed by atoms with E-state index in [9.17, 15) is 32.4 Å². The van der Waals surface area contributed by atoms with E-state index in [1.807, 2.05) is 30.3 Å². The van der Waals surface area contributed by atoms with Crippen LogP contribution in [0.4, 0.5) is 21.0 Å². The minimum Gasteiger partial charge on any atom is -0.460 e. The van der Waals surface area contributed by atoms with Crippen molar-refractivity contribution < 1.29 is 50.8 Å². The largest absolute Gasteiger partial charge is 0.460 e. The Bertz CT molecular complexity index is 2770. The molecule has 0 bridgehead atoms. The van der Waals surface area contributed by atoms with Gasteiger partial charge in [-0.25, -0.2) is 9.59 Å². The number of rotatable bonds is 15. The summed E-state index contributed by atoms with van der Waals surface area (Å²) in [5, 5.41) is 21.3. The molecule has 5 heterocycles. The highest BCUT2D eigenvalue weighted by molar-refractivity contribution is 7.86. The van der Waals surface area contributed by atoms with Crippen LogP contribution in [-0.4, -0.2) is 147 Å². The Labute approximate surface area is 403 Å². The van der Waals surface area contributed by atoms with E-state index < -0.39 is 40.2 Å². The molecule has 364 valence electrons. The maximum atomic E-state index is 12.6. The van der Waals surface area contributed by atoms with Crippen molar-refractivity contribution in [2.24, 2.45) is 0 Å². The van der Waals surface area contributed by atoms with E-state index in [1.165, 1.54) is 17.3 Å². The van der Waals surface area contributed by atoms with Crippen LogP contribution in [-0.2, 0) is 39.9 Å². The molecular weight excluding hydrogens is 925 g/mol. The molecule has 3 aromatic carbocycles. The zero-order valence-corrected chi connectivity index (χ0v) is 38.7. The van der Waals surface area contributed by atoms with Gasteiger partial charge in [-0.2, -0.15) is 8.42 Å². The summed E-state index contributed by atoms with van der Waals surface area (Å²) in [7, 11) is -3.63. The van der Waals surface area contributed by atoms with Gasteiger partial charge in [-0.15, -0.1) is 0 Å². The fourth-order valence-corrected chi connectivity index (χ4v) is 7.76. The van der Waals surface area contributed by atoms with Crippen molar-refractivity contribution in [3.05, 3.63) is 156 Å². The maximum absolute atomic E-state index is 12.6. The highest BCUT2D eigenvalue weighted by Gasteiger charge is 2.35. The van der Waals surface area contributed by atoms with Crippen molar-refractivity contribution in [3.8, 4) is 0 Å². The highest BCUT2D eigenvalue weighted by Crippen LogP contribution is 2.24. The van der Waals surface area contributed by atoms with Crippen molar-refractivity contribution in [2.45, 2.75) is 18.8 Å². The number of esters is 1. The quantitative estimate of drug-likeness (QED) is 0.0384. The summed E-state index contributed by atoms with van der Waals surface area (Å²) >= 11 is 0. The number of ether oxygens (including phenoxy) is 3. The third-order valence-corrected chi connectivity index (χ3v) is 11.6. The van der Waals surface area contributed by atoms with Gasteiger partial charge in [-0.1, -0.05) is 30.3 Å². The standard InChI is InChI=1S/C30H32N6O5.C18H18N4O6S/c31-28(33-29(38)24-7-4-12-32-17-24)23-8-10-25(11-9-23)36-19-26(41-30(36)39)18-34-13-15-35(16-14-34)20-27(37)40-21-22-5-2-1-3-6-22;1-29(25,26)27-11-15-10-22(18(24)28-15)14-6-4-12(5-7-14)16(19)21-17(23)13-3-2-8-20-9-13/h1-12,17,26H,13-16,18-21H2,(H2,31,33,38);2-9,15H,10-11H2,1H3,(H2,19,21,23). The molecule has 4 amide bonds. The Kier molecular flexibility index (Phi) is 16.7. The van der Waals surface area contributed by atoms with E-state index in [4.69, 9.17) is 25.0 Å². The third-order valence-electron chi connectivity index (χ3n) is 11.0. The lowest BCUT2D eigenvalue weighted by Crippen LogP contribution is -2.50. The number of hydrogen-bond donors (Lipinski definition) is 4. The number of nitrogens with zero attached hydrogens (tertiary/aromatic N) is 6. The number of piperazine rings is 1. The number of pyridine rings is 2. The molecule has 2 aromatic heterocycles. The topological polar surface area (TPSA) is 267 Å². The molecule has 21 nitrogen and oxygen atoms in total. The fraction of sp³-hybridized carbons (Fsp3) is 0.271. The van der Waals surface area contributed by atoms with Crippen LogP contribution >= 0.6 is 0 Å². The van der Waals surface area contributed by atoms with Gasteiger partial charge < -0.3 is 24.8 Å². The first-order valence-electron chi connectivity index (χ1n) is 21.9. The molecule has 0 aliphatic carbocycles. The number of amidine groups is 2. The monoisotopic (exact) mass is 974 g/mol. The molecular formula is C48H50N10O11S. The van der Waals surface area contributed by atoms with Gasteiger partial charge in [0.15, 0.2) is 0 Å². The van der Waals surface area contributed by atoms with Crippen LogP contribution in [0.2, 0.25) is 0 Å². The van der Waals surface area contributed by atoms with Gasteiger partial charge in [0.05, 0.1) is 37.0 Å². The summed E-state index contributed by atoms with van der Waals surface area (Å²) in [6, 6.07) is 29.3. The second-order valence-corrected chi connectivity index (χ2v) is 17.8. The Morgan fingerprint density at radius 3 is 1.63 bits per heavy atom. The molecule has 2 atom stereocenters. The molecule has 70 heavy (non-hydrogen) atoms. The molecule has 3 saturated heterocycles. The second kappa shape index (κ2) is 23.4. The number of aromatic nitrogens is 2. The van der Waals surface area contributed by atoms with Crippen molar-refractivity contribution >= 4 is 63.1 Å². The number of nitrogens with one attached hydrogen (secondary N) is 4. The summed E-state index contributed by atoms with van der Waals surface area (Å²) in [6.45, 7) is 4.42. The Morgan fingerprint density at radius 2 is 1.14 bits per heavy atom. The summed E-state index contributed by atoms with van der Waals surface area (Å²) in [6.07, 6.45) is 4.84. The van der Waals surface area contributed by atoms with Gasteiger partial charge >= 0.3 is 18.2 Å². The highest BCUT2D eigenvalue weighted by atomic mass is 32.2. The Morgan fingerprint density at radius 1 is 0.657 bits per heavy atom. The van der Waals surface area contributed by atoms with Crippen LogP contribution in [0, 0.1) is 10.8 Å². The van der Waals surface area contributed by atoms with Gasteiger partial charge in [0.25, 0.3) is 21.9 Å². The molecule has 3 fully saturated rings. The second-order valence-electron chi connectivity index (χ2n) is 16.2. The molecule has 3 aliphatic heterocycles. The van der Waals surface area contributed by atoms with E-state index >= 15 is 0 Å². The SMILES string of the molecule is CS(=O)(=O)OCC1CN(c2ccc(C(=N)NC(=O)c3cccnc3)cc2)C(=O)O1.N=C(NC(=O)c1cccnc1)c1ccc(N2CC(CN3CCN(CC(=O)OCc4ccccc4)CC3)OC2=O)cc1. The Hall–Kier alpha value is -7.92. The van der Waals surface area contributed by atoms with Crippen molar-refractivity contribution in [1.29, 1.82) is 10.8 Å². The van der Waals surface area contributed by atoms with E-state index in [0.29, 0.717) is 46.7 Å². The van der Waals surface area contributed by atoms with Crippen molar-refractivity contribution in [1.82, 2.24) is 30.4 Å². The minimum atomic E-state index is -3.63. The molecule has 2 unspecified atom stereocenters. The number of carbonyl (C=O) groups excluding carboxylic acids is 5. The summed E-state index contributed by atoms with van der Waals surface area (Å²) in [5.74, 6) is -1.25. The first-order valence-corrected chi connectivity index (χ1v) is 23.7. The lowest BCUT2D eigenvalue weighted by atomic mass is 10.1. The summed E-state index contributed by atoms with van der Waals surface area (Å²) in [5.41, 5.74) is 3.77. The van der Waals surface area contributed by atoms with Crippen LogP contribution < -0.4 is 20.4 Å². The fourth-order valence-electron chi connectivity index (χ4n) is 7.36. The normalized spacial score (nSPS) is 17.1. The van der Waals surface area contributed by atoms with Gasteiger partial charge in [-0.05, 0) is 78.4 Å². The number of carbonyl (C=O) groups is 5. The minimum absolute atomic E-state index is 0.0455. The number of hydrogen-bond acceptors (Lipinski definition) is 17. The number of anilines is 2. The molecule has 0 radical (unpaired) electrons. The van der Waals surface area contributed by atoms with Crippen LogP contribution in [0.15, 0.2) is 128 Å². The van der Waals surface area contributed by atoms with E-state index in [1.54, 1.807) is 90.1 Å². The third kappa shape index (κ3) is 14.3. The average molecular weight is 975 g/mol. The molecule has 8 rings (SSSR count). The van der Waals surface area contributed by atoms with Crippen molar-refractivity contribution in [2.75, 3.05) is 75.0 Å². The first-order chi connectivity index (χ1) is 33.7. The first kappa shape index (κ1) is 50.0. The van der Waals surface area contributed by atoms with E-state index in [-0.39, 0.29) is 50.0 Å². The van der Waals surface area contributed by atoms with Gasteiger partial charge in [0.2, 0.25) is 0 Å². The smallest absolute Gasteiger partial charge is 0.414 e. The van der Waals surface area contributed by atoms with Crippen LogP contribution in [0.25, 0.3) is 0 Å². The number of cyclic esters (lactones) is 2. The predicted molar refractivity (Wildman–Crippen MR) is 255 cm³/mol. The van der Waals surface area contributed by atoms with E-state index in [0.717, 1.165) is 38.0 Å². The zero-order valence-electron chi connectivity index (χ0n) is 37.9. The molecule has 4 N–H and O–H groups in total. The molecule has 5 aromatic rings. The van der Waals surface area contributed by atoms with Gasteiger partial charge in [0.1, 0.15) is 37.1 Å².